The maximum atomic E-state index is 12.6. The van der Waals surface area contributed by atoms with E-state index in [0.717, 1.165) is 53.5 Å². The first-order valence-electron chi connectivity index (χ1n) is 24.4. The number of fused-ring (bicyclic) bond motifs is 2. The predicted octanol–water partition coefficient (Wildman–Crippen LogP) is 4.41. The van der Waals surface area contributed by atoms with Gasteiger partial charge in [0.1, 0.15) is 34.0 Å². The smallest absolute Gasteiger partial charge is 0.870 e. The van der Waals surface area contributed by atoms with E-state index in [0.29, 0.717) is 71.7 Å². The van der Waals surface area contributed by atoms with Crippen molar-refractivity contribution in [2.24, 2.45) is 14.1 Å². The van der Waals surface area contributed by atoms with Crippen LogP contribution >= 0.6 is 0 Å². The third-order valence-corrected chi connectivity index (χ3v) is 13.7. The Balaban J connectivity index is 0.000000223. The molecule has 26 heteroatoms. The summed E-state index contributed by atoms with van der Waals surface area (Å²) in [6.45, 7) is 5.83. The van der Waals surface area contributed by atoms with Crippen molar-refractivity contribution in [2.75, 3.05) is 108 Å². The zero-order valence-corrected chi connectivity index (χ0v) is 44.8. The molecule has 0 saturated carbocycles. The number of piperazine rings is 2. The number of nitrogens with one attached hydrogen (secondary N) is 2. The molecule has 0 atom stereocenters. The zero-order valence-electron chi connectivity index (χ0n) is 44.8. The van der Waals surface area contributed by atoms with Gasteiger partial charge in [-0.2, -0.15) is 0 Å². The van der Waals surface area contributed by atoms with E-state index < -0.39 is 21.8 Å². The average molecular weight is 1070 g/mol. The molecule has 4 N–H and O–H groups in total. The van der Waals surface area contributed by atoms with E-state index in [9.17, 15) is 34.9 Å². The monoisotopic (exact) mass is 1070 g/mol. The number of methoxy groups -OCH3 is 3. The Labute approximate surface area is 465 Å². The van der Waals surface area contributed by atoms with Crippen molar-refractivity contribution >= 4 is 79.8 Å². The zero-order chi connectivity index (χ0) is 54.7. The van der Waals surface area contributed by atoms with E-state index in [-0.39, 0.29) is 64.4 Å². The van der Waals surface area contributed by atoms with Gasteiger partial charge in [-0.25, -0.2) is 29.5 Å². The van der Waals surface area contributed by atoms with Crippen molar-refractivity contribution in [3.63, 3.8) is 0 Å². The van der Waals surface area contributed by atoms with Gasteiger partial charge < -0.3 is 64.2 Å². The second kappa shape index (κ2) is 24.6. The Bertz CT molecular complexity index is 3580. The Morgan fingerprint density at radius 2 is 1.00 bits per heavy atom. The van der Waals surface area contributed by atoms with Crippen LogP contribution in [-0.4, -0.2) is 159 Å². The third kappa shape index (κ3) is 12.0. The van der Waals surface area contributed by atoms with Crippen LogP contribution in [0.1, 0.15) is 20.7 Å². The standard InChI is InChI=1S/C27H29N7O5.C26H27N7O5.Li.H2O/c1-31-9-11-33(12-10-31)22-14-24(38-3)20(13-23(22)34(36)37)29-27-28-15-18(26(35)39-4)25(30-27)19-16-32(2)21-8-6-5-7-17(19)21;1-30-8-10-32(11-9-30)21-13-23(38-3)19(12-22(21)33(36)37)28-26-27-14-17(25(34)35)24(29-26)18-15-31(2)20-7-5-4-6-16(18)20;;/h5-8,13-16H,9-12H2,1-4H3,(H,28,29,30);4-7,12-15H,8-11H2,1-3H3,(H,34,35)(H,27,28,29);;1H2/q;;+1;/p-1. The first kappa shape index (κ1) is 57.8. The minimum absolute atomic E-state index is 0. The number of nitrogens with zero attached hydrogens (tertiary/aromatic N) is 12. The summed E-state index contributed by atoms with van der Waals surface area (Å²) in [5.41, 5.74) is 5.45. The van der Waals surface area contributed by atoms with Gasteiger partial charge in [0.2, 0.25) is 11.9 Å². The Kier molecular flexibility index (Phi) is 18.0. The molecule has 0 unspecified atom stereocenters. The van der Waals surface area contributed by atoms with Gasteiger partial charge in [-0.3, -0.25) is 20.2 Å². The molecule has 8 aromatic rings. The van der Waals surface area contributed by atoms with Crippen LogP contribution in [0.4, 0.5) is 46.0 Å². The Morgan fingerprint density at radius 1 is 0.608 bits per heavy atom. The van der Waals surface area contributed by atoms with Crippen LogP contribution < -0.4 is 48.8 Å². The molecular formula is C53H57LiN14O11. The summed E-state index contributed by atoms with van der Waals surface area (Å²) in [4.78, 5) is 73.9. The number of aromatic nitrogens is 6. The molecule has 0 spiro atoms. The van der Waals surface area contributed by atoms with Crippen LogP contribution in [0.15, 0.2) is 97.6 Å². The molecule has 0 radical (unpaired) electrons. The first-order valence-corrected chi connectivity index (χ1v) is 24.4. The summed E-state index contributed by atoms with van der Waals surface area (Å²) in [5.74, 6) is -0.731. The van der Waals surface area contributed by atoms with E-state index in [1.165, 1.54) is 45.9 Å². The van der Waals surface area contributed by atoms with E-state index >= 15 is 0 Å². The van der Waals surface area contributed by atoms with Gasteiger partial charge in [0.25, 0.3) is 11.4 Å². The molecule has 406 valence electrons. The number of aromatic carboxylic acids is 1. The van der Waals surface area contributed by atoms with Gasteiger partial charge in [-0.15, -0.1) is 0 Å². The quantitative estimate of drug-likeness (QED) is 0.0588. The van der Waals surface area contributed by atoms with Gasteiger partial charge in [0.05, 0.1) is 53.9 Å². The molecular weight excluding hydrogens is 1020 g/mol. The molecule has 2 aliphatic heterocycles. The Hall–Kier alpha value is -8.86. The average Bonchev–Trinajstić information content (AvgIpc) is 4.04. The van der Waals surface area contributed by atoms with E-state index in [2.05, 4.69) is 40.4 Å². The Morgan fingerprint density at radius 3 is 1.38 bits per heavy atom. The number of ether oxygens (including phenoxy) is 3. The molecule has 4 aromatic heterocycles. The molecule has 4 aromatic carbocycles. The van der Waals surface area contributed by atoms with E-state index in [1.54, 1.807) is 12.1 Å². The fourth-order valence-corrected chi connectivity index (χ4v) is 9.55. The molecule has 2 aliphatic rings. The molecule has 2 saturated heterocycles. The molecule has 2 fully saturated rings. The minimum Gasteiger partial charge on any atom is -0.870 e. The van der Waals surface area contributed by atoms with E-state index in [1.807, 2.05) is 108 Å². The first-order chi connectivity index (χ1) is 37.1. The predicted molar refractivity (Wildman–Crippen MR) is 293 cm³/mol. The van der Waals surface area contributed by atoms with Crippen molar-refractivity contribution in [2.45, 2.75) is 0 Å². The number of carboxylic acids is 1. The SMILES string of the molecule is COC(=O)c1cnc(Nc2cc([N+](=O)[O-])c(N3CCN(C)CC3)cc2OC)nc1-c1cn(C)c2ccccc12.COc1cc(N2CCN(C)CC2)c([N+](=O)[O-])cc1Nc1ncc(C(=O)O)c(-c2cn(C)c3ccccc23)n1.[Li+].[OH-]. The number of rotatable bonds is 14. The van der Waals surface area contributed by atoms with Crippen molar-refractivity contribution < 1.29 is 63.1 Å². The van der Waals surface area contributed by atoms with Crippen LogP contribution in [0, 0.1) is 20.2 Å². The van der Waals surface area contributed by atoms with Crippen LogP contribution in [-0.2, 0) is 18.8 Å². The van der Waals surface area contributed by atoms with E-state index in [4.69, 9.17) is 14.2 Å². The number of likely N-dealkylation sites (N-methyl/N-ethyl adjacent to an activating group) is 2. The largest absolute Gasteiger partial charge is 1.00 e. The maximum absolute atomic E-state index is 12.6. The summed E-state index contributed by atoms with van der Waals surface area (Å²) in [6, 6.07) is 21.5. The van der Waals surface area contributed by atoms with Gasteiger partial charge in [-0.05, 0) is 26.2 Å². The summed E-state index contributed by atoms with van der Waals surface area (Å²) in [5, 5.41) is 41.7. The summed E-state index contributed by atoms with van der Waals surface area (Å²) >= 11 is 0. The second-order valence-electron chi connectivity index (χ2n) is 18.5. The molecule has 0 amide bonds. The van der Waals surface area contributed by atoms with Gasteiger partial charge in [0.15, 0.2) is 0 Å². The van der Waals surface area contributed by atoms with Gasteiger partial charge in [0, 0.05) is 148 Å². The number of nitro benzene ring substituents is 2. The summed E-state index contributed by atoms with van der Waals surface area (Å²) in [6.07, 6.45) is 6.32. The normalized spacial score (nSPS) is 13.6. The maximum Gasteiger partial charge on any atom is 1.00 e. The number of nitro groups is 2. The topological polar surface area (TPSA) is 297 Å². The van der Waals surface area contributed by atoms with Crippen LogP contribution in [0.2, 0.25) is 0 Å². The van der Waals surface area contributed by atoms with Gasteiger partial charge in [-0.1, -0.05) is 36.4 Å². The fourth-order valence-electron chi connectivity index (χ4n) is 9.55. The second-order valence-corrected chi connectivity index (χ2v) is 18.5. The van der Waals surface area contributed by atoms with Crippen LogP contribution in [0.3, 0.4) is 0 Å². The summed E-state index contributed by atoms with van der Waals surface area (Å²) < 4.78 is 20.0. The fraction of sp³-hybridized carbons (Fsp3) is 0.283. The van der Waals surface area contributed by atoms with Gasteiger partial charge >= 0.3 is 30.8 Å². The molecule has 25 nitrogen and oxygen atoms in total. The minimum atomic E-state index is -1.16. The number of hydrogen-bond acceptors (Lipinski definition) is 20. The number of para-hydroxylation sites is 2. The van der Waals surface area contributed by atoms with Crippen molar-refractivity contribution in [3.05, 3.63) is 129 Å². The number of carbonyl (C=O) groups excluding carboxylic acids is 1. The molecule has 0 bridgehead atoms. The van der Waals surface area contributed by atoms with Crippen molar-refractivity contribution in [1.29, 1.82) is 0 Å². The van der Waals surface area contributed by atoms with Crippen LogP contribution in [0.5, 0.6) is 11.5 Å². The number of hydrogen-bond donors (Lipinski definition) is 3. The van der Waals surface area contributed by atoms with Crippen molar-refractivity contribution in [3.8, 4) is 34.0 Å². The molecule has 79 heavy (non-hydrogen) atoms. The number of anilines is 6. The third-order valence-electron chi connectivity index (χ3n) is 13.7. The number of carbonyl (C=O) groups is 2. The molecule has 6 heterocycles. The van der Waals surface area contributed by atoms with Crippen molar-refractivity contribution in [1.82, 2.24) is 38.9 Å². The summed E-state index contributed by atoms with van der Waals surface area (Å²) in [7, 11) is 12.1. The number of aryl methyl sites for hydroxylation is 2. The molecule has 0 aliphatic carbocycles. The number of benzene rings is 4. The number of carboxylic acid groups (broad SMARTS) is 1. The van der Waals surface area contributed by atoms with Crippen LogP contribution in [0.25, 0.3) is 44.3 Å². The molecule has 10 rings (SSSR count). The number of esters is 1.